The van der Waals surface area contributed by atoms with Gasteiger partial charge in [0.1, 0.15) is 31.8 Å². The Bertz CT molecular complexity index is 2630. The second-order valence-corrected chi connectivity index (χ2v) is 24.3. The summed E-state index contributed by atoms with van der Waals surface area (Å²) in [6.45, 7) is 0. The van der Waals surface area contributed by atoms with E-state index in [-0.39, 0.29) is 33.4 Å². The average molecular weight is 1430 g/mol. The van der Waals surface area contributed by atoms with Crippen LogP contribution < -0.4 is 31.8 Å². The molecule has 0 unspecified atom stereocenters. The number of hydrogen-bond acceptors (Lipinski definition) is 0. The second kappa shape index (κ2) is 24.2. The summed E-state index contributed by atoms with van der Waals surface area (Å²) < 4.78 is 359. The first-order valence-corrected chi connectivity index (χ1v) is 29.6. The van der Waals surface area contributed by atoms with Crippen LogP contribution in [0.15, 0.2) is 170 Å². The van der Waals surface area contributed by atoms with E-state index in [4.69, 9.17) is 18.8 Å². The Labute approximate surface area is 448 Å². The molecule has 436 valence electrons. The molecule has 0 amide bonds. The van der Waals surface area contributed by atoms with Crippen LogP contribution >= 0.6 is 34.7 Å². The number of halogens is 28. The SMILES string of the molecule is FC(F)(F)C(F)(F)C(F)(F)C(F)(F)C(F)(F)C(F)(F)c1ccccc1[PH+](c1ccccc1)c1ccccc1.FC(F)(F)C(F)(F)C(F)(F)C(F)(F)C(F)(F)C(F)(F)c1ccccc1[PH+](c1ccccc1)c1ccccc1.[Cl][Pt][Cl]. The molecule has 0 saturated heterocycles. The van der Waals surface area contributed by atoms with E-state index < -0.39 is 126 Å². The van der Waals surface area contributed by atoms with Crippen molar-refractivity contribution in [3.05, 3.63) is 181 Å². The molecule has 79 heavy (non-hydrogen) atoms. The number of alkyl halides is 26. The van der Waals surface area contributed by atoms with Crippen LogP contribution in [0.4, 0.5) is 114 Å². The van der Waals surface area contributed by atoms with Gasteiger partial charge < -0.3 is 0 Å². The van der Waals surface area contributed by atoms with Gasteiger partial charge in [-0.2, -0.15) is 114 Å². The van der Waals surface area contributed by atoms with E-state index in [2.05, 4.69) is 0 Å². The molecule has 0 fully saturated rings. The third-order valence-corrected chi connectivity index (χ3v) is 16.8. The van der Waals surface area contributed by atoms with E-state index >= 15 is 17.6 Å². The Morgan fingerprint density at radius 2 is 0.418 bits per heavy atom. The van der Waals surface area contributed by atoms with Crippen molar-refractivity contribution in [2.75, 3.05) is 0 Å². The zero-order valence-corrected chi connectivity index (χ0v) is 43.8. The maximum absolute atomic E-state index is 15.2. The van der Waals surface area contributed by atoms with E-state index in [9.17, 15) is 96.6 Å². The minimum atomic E-state index is -7.95. The molecule has 6 rings (SSSR count). The first kappa shape index (κ1) is 67.1. The molecule has 0 radical (unpaired) electrons. The predicted octanol–water partition coefficient (Wildman–Crippen LogP) is 16.1. The van der Waals surface area contributed by atoms with Gasteiger partial charge in [-0.1, -0.05) is 97.1 Å². The quantitative estimate of drug-likeness (QED) is 0.0669. The van der Waals surface area contributed by atoms with Crippen LogP contribution in [0.25, 0.3) is 0 Å². The minimum absolute atomic E-state index is 0.204. The van der Waals surface area contributed by atoms with Gasteiger partial charge in [-0.15, -0.1) is 0 Å². The van der Waals surface area contributed by atoms with Gasteiger partial charge in [-0.25, -0.2) is 0 Å². The first-order chi connectivity index (χ1) is 36.1. The molecule has 0 spiro atoms. The van der Waals surface area contributed by atoms with Crippen molar-refractivity contribution in [2.24, 2.45) is 0 Å². The van der Waals surface area contributed by atoms with Crippen molar-refractivity contribution in [3.63, 3.8) is 0 Å². The molecule has 6 aromatic rings. The van der Waals surface area contributed by atoms with Gasteiger partial charge in [-0.05, 0) is 72.8 Å². The molecule has 0 atom stereocenters. The standard InChI is InChI=1S/2C24H14F13P.2ClH.Pt/c2*25-19(26,20(27,28)21(29,30)22(31,32)23(33,34)24(35,36)37)17-13-7-8-14-18(17)38(15-9-3-1-4-10-15)16-11-5-2-6-12-16;;;/h2*1-14H;2*1H;/q;;;;+2. The molecule has 0 aliphatic rings. The van der Waals surface area contributed by atoms with Gasteiger partial charge in [0.05, 0.1) is 27.0 Å². The summed E-state index contributed by atoms with van der Waals surface area (Å²) in [4.78, 5) is 0. The van der Waals surface area contributed by atoms with Gasteiger partial charge in [0, 0.05) is 0 Å². The summed E-state index contributed by atoms with van der Waals surface area (Å²) in [7, 11) is 4.24. The molecule has 0 aromatic heterocycles. The third kappa shape index (κ3) is 12.2. The summed E-state index contributed by atoms with van der Waals surface area (Å²) in [5.74, 6) is -74.7. The van der Waals surface area contributed by atoms with E-state index in [0.29, 0.717) is 12.1 Å². The second-order valence-electron chi connectivity index (χ2n) is 16.1. The molecule has 0 nitrogen and oxygen atoms in total. The normalized spacial score (nSPS) is 13.9. The molecule has 0 saturated carbocycles. The van der Waals surface area contributed by atoms with E-state index in [0.717, 1.165) is 24.3 Å². The molecule has 31 heteroatoms. The third-order valence-electron chi connectivity index (χ3n) is 11.2. The van der Waals surface area contributed by atoms with Crippen molar-refractivity contribution in [3.8, 4) is 0 Å². The van der Waals surface area contributed by atoms with Crippen molar-refractivity contribution in [1.29, 1.82) is 0 Å². The van der Waals surface area contributed by atoms with Crippen LogP contribution in [0, 0.1) is 0 Å². The molecule has 0 heterocycles. The van der Waals surface area contributed by atoms with Crippen molar-refractivity contribution in [2.45, 2.75) is 71.6 Å². The maximum atomic E-state index is 15.2. The molecule has 0 N–H and O–H groups in total. The summed E-state index contributed by atoms with van der Waals surface area (Å²) >= 11 is -0.472. The number of benzene rings is 6. The summed E-state index contributed by atoms with van der Waals surface area (Å²) in [6.07, 6.45) is -14.9. The number of rotatable bonds is 16. The first-order valence-electron chi connectivity index (χ1n) is 21.0. The van der Waals surface area contributed by atoms with Crippen LogP contribution in [0.3, 0.4) is 0 Å². The fourth-order valence-electron chi connectivity index (χ4n) is 7.20. The zero-order valence-electron chi connectivity index (χ0n) is 38.1. The van der Waals surface area contributed by atoms with Crippen molar-refractivity contribution < 1.29 is 131 Å². The van der Waals surface area contributed by atoms with Crippen LogP contribution in [0.5, 0.6) is 0 Å². The zero-order chi connectivity index (χ0) is 60.3. The van der Waals surface area contributed by atoms with E-state index in [1.54, 1.807) is 0 Å². The summed E-state index contributed by atoms with van der Waals surface area (Å²) in [5.41, 5.74) is -3.87. The summed E-state index contributed by atoms with van der Waals surface area (Å²) in [5, 5.41) is -0.374. The molecule has 0 aliphatic carbocycles. The molecular weight excluding hydrogens is 1400 g/mol. The van der Waals surface area contributed by atoms with Gasteiger partial charge in [0.2, 0.25) is 0 Å². The Balaban J connectivity index is 0.000000324. The van der Waals surface area contributed by atoms with E-state index in [1.807, 2.05) is 0 Å². The Morgan fingerprint density at radius 1 is 0.241 bits per heavy atom. The van der Waals surface area contributed by atoms with Crippen molar-refractivity contribution >= 4 is 66.5 Å². The fourth-order valence-corrected chi connectivity index (χ4v) is 12.8. The van der Waals surface area contributed by atoms with Gasteiger partial charge >= 0.3 is 107 Å². The van der Waals surface area contributed by atoms with Crippen LogP contribution in [-0.4, -0.2) is 59.7 Å². The Morgan fingerprint density at radius 3 is 0.620 bits per heavy atom. The van der Waals surface area contributed by atoms with Gasteiger partial charge in [0.15, 0.2) is 0 Å². The molecule has 6 aromatic carbocycles. The summed E-state index contributed by atoms with van der Waals surface area (Å²) in [6, 6.07) is 34.5. The fraction of sp³-hybridized carbons (Fsp3) is 0.250. The monoisotopic (exact) mass is 1430 g/mol. The van der Waals surface area contributed by atoms with Crippen LogP contribution in [0.2, 0.25) is 0 Å². The van der Waals surface area contributed by atoms with Crippen molar-refractivity contribution in [1.82, 2.24) is 0 Å². The van der Waals surface area contributed by atoms with E-state index in [1.165, 1.54) is 121 Å². The van der Waals surface area contributed by atoms with Gasteiger partial charge in [-0.3, -0.25) is 0 Å². The molecular formula is C48H30Cl2F26P2Pt+2. The topological polar surface area (TPSA) is 0 Å². The number of hydrogen-bond donors (Lipinski definition) is 0. The molecule has 0 bridgehead atoms. The molecule has 0 aliphatic heterocycles. The predicted molar refractivity (Wildman–Crippen MR) is 244 cm³/mol. The van der Waals surface area contributed by atoms with Crippen LogP contribution in [0.1, 0.15) is 11.1 Å². The Kier molecular flexibility index (Phi) is 20.6. The van der Waals surface area contributed by atoms with Crippen LogP contribution in [-0.2, 0) is 28.3 Å². The average Bonchev–Trinajstić information content (AvgIpc) is 3.37. The Hall–Kier alpha value is -4.37. The van der Waals surface area contributed by atoms with Gasteiger partial charge in [0.25, 0.3) is 0 Å².